The van der Waals surface area contributed by atoms with Crippen molar-refractivity contribution < 1.29 is 9.84 Å². The number of aliphatic hydroxyl groups excluding tert-OH is 1. The first-order chi connectivity index (χ1) is 8.85. The van der Waals surface area contributed by atoms with Crippen LogP contribution in [0.25, 0.3) is 0 Å². The molecule has 0 bridgehead atoms. The number of piperidine rings is 1. The molecule has 0 aromatic carbocycles. The summed E-state index contributed by atoms with van der Waals surface area (Å²) in [7, 11) is 2.20. The van der Waals surface area contributed by atoms with Crippen LogP contribution < -0.4 is 0 Å². The van der Waals surface area contributed by atoms with E-state index in [4.69, 9.17) is 4.74 Å². The lowest BCUT2D eigenvalue weighted by atomic mass is 9.92. The van der Waals surface area contributed by atoms with Crippen molar-refractivity contribution in [1.29, 1.82) is 0 Å². The average Bonchev–Trinajstić information content (AvgIpc) is 2.68. The molecule has 2 aliphatic heterocycles. The van der Waals surface area contributed by atoms with Crippen LogP contribution in [0.2, 0.25) is 0 Å². The van der Waals surface area contributed by atoms with E-state index in [9.17, 15) is 5.11 Å². The molecule has 4 nitrogen and oxygen atoms in total. The normalized spacial score (nSPS) is 31.4. The summed E-state index contributed by atoms with van der Waals surface area (Å²) in [5.74, 6) is 0.840. The number of β-amino-alcohol motifs (C(OH)–C–C–N with tert-alkyl or cyclic N) is 1. The van der Waals surface area contributed by atoms with Gasteiger partial charge in [-0.2, -0.15) is 0 Å². The molecule has 4 heteroatoms. The maximum absolute atomic E-state index is 10.1. The van der Waals surface area contributed by atoms with Gasteiger partial charge in [-0.25, -0.2) is 0 Å². The average molecular weight is 270 g/mol. The molecule has 19 heavy (non-hydrogen) atoms. The van der Waals surface area contributed by atoms with Gasteiger partial charge in [0.2, 0.25) is 0 Å². The summed E-state index contributed by atoms with van der Waals surface area (Å²) < 4.78 is 5.67. The molecule has 3 atom stereocenters. The summed E-state index contributed by atoms with van der Waals surface area (Å²) in [5.41, 5.74) is -0.167. The Morgan fingerprint density at radius 3 is 2.63 bits per heavy atom. The number of hydrogen-bond donors (Lipinski definition) is 1. The fourth-order valence-electron chi connectivity index (χ4n) is 3.28. The predicted molar refractivity (Wildman–Crippen MR) is 77.3 cm³/mol. The highest BCUT2D eigenvalue weighted by atomic mass is 16.5. The second kappa shape index (κ2) is 6.08. The Labute approximate surface area is 117 Å². The van der Waals surface area contributed by atoms with Gasteiger partial charge < -0.3 is 14.7 Å². The molecule has 0 aliphatic carbocycles. The molecule has 0 radical (unpaired) electrons. The fourth-order valence-corrected chi connectivity index (χ4v) is 3.28. The van der Waals surface area contributed by atoms with Crippen LogP contribution in [0.1, 0.15) is 33.6 Å². The molecule has 2 heterocycles. The zero-order valence-corrected chi connectivity index (χ0v) is 12.9. The molecule has 2 aliphatic rings. The molecule has 0 aromatic heterocycles. The molecule has 2 fully saturated rings. The zero-order valence-electron chi connectivity index (χ0n) is 12.9. The second-order valence-corrected chi connectivity index (χ2v) is 7.24. The van der Waals surface area contributed by atoms with Crippen LogP contribution in [0.3, 0.4) is 0 Å². The Bertz CT molecular complexity index is 290. The minimum atomic E-state index is -0.370. The number of nitrogens with zero attached hydrogens (tertiary/aromatic N) is 2. The van der Waals surface area contributed by atoms with Crippen LogP contribution >= 0.6 is 0 Å². The second-order valence-electron chi connectivity index (χ2n) is 7.24. The topological polar surface area (TPSA) is 35.9 Å². The molecular weight excluding hydrogens is 240 g/mol. The molecule has 0 spiro atoms. The summed E-state index contributed by atoms with van der Waals surface area (Å²) in [6.45, 7) is 10.8. The van der Waals surface area contributed by atoms with Crippen molar-refractivity contribution in [3.8, 4) is 0 Å². The summed E-state index contributed by atoms with van der Waals surface area (Å²) in [6, 6.07) is 0.642. The Morgan fingerprint density at radius 1 is 1.26 bits per heavy atom. The summed E-state index contributed by atoms with van der Waals surface area (Å²) in [5, 5.41) is 10.1. The molecule has 2 saturated heterocycles. The van der Waals surface area contributed by atoms with Crippen molar-refractivity contribution in [3.63, 3.8) is 0 Å². The standard InChI is InChI=1S/C15H30N2O2/c1-15(2,3)19-11-13(18)9-17-8-6-12-5-7-16(4)10-14(12)17/h12-14,18H,5-11H2,1-4H3. The van der Waals surface area contributed by atoms with Gasteiger partial charge in [-0.1, -0.05) is 0 Å². The number of likely N-dealkylation sites (tertiary alicyclic amines) is 2. The largest absolute Gasteiger partial charge is 0.389 e. The summed E-state index contributed by atoms with van der Waals surface area (Å²) >= 11 is 0. The third kappa shape index (κ3) is 4.42. The van der Waals surface area contributed by atoms with E-state index in [0.717, 1.165) is 25.6 Å². The van der Waals surface area contributed by atoms with Gasteiger partial charge in [-0.05, 0) is 59.7 Å². The lowest BCUT2D eigenvalue weighted by molar-refractivity contribution is -0.0587. The van der Waals surface area contributed by atoms with Crippen LogP contribution in [-0.4, -0.2) is 72.5 Å². The predicted octanol–water partition coefficient (Wildman–Crippen LogP) is 1.19. The summed E-state index contributed by atoms with van der Waals surface area (Å²) in [6.07, 6.45) is 2.24. The highest BCUT2D eigenvalue weighted by molar-refractivity contribution is 4.92. The molecule has 112 valence electrons. The van der Waals surface area contributed by atoms with E-state index in [1.807, 2.05) is 20.8 Å². The Balaban J connectivity index is 1.79. The van der Waals surface area contributed by atoms with E-state index >= 15 is 0 Å². The van der Waals surface area contributed by atoms with Crippen molar-refractivity contribution >= 4 is 0 Å². The lowest BCUT2D eigenvalue weighted by Gasteiger charge is -2.37. The Morgan fingerprint density at radius 2 is 1.95 bits per heavy atom. The molecular formula is C15H30N2O2. The molecule has 0 amide bonds. The Kier molecular flexibility index (Phi) is 4.88. The van der Waals surface area contributed by atoms with Crippen molar-refractivity contribution in [2.24, 2.45) is 5.92 Å². The minimum Gasteiger partial charge on any atom is -0.389 e. The number of ether oxygens (including phenoxy) is 1. The quantitative estimate of drug-likeness (QED) is 0.832. The maximum Gasteiger partial charge on any atom is 0.0900 e. The lowest BCUT2D eigenvalue weighted by Crippen LogP contribution is -2.49. The van der Waals surface area contributed by atoms with E-state index < -0.39 is 0 Å². The Hall–Kier alpha value is -0.160. The van der Waals surface area contributed by atoms with Gasteiger partial charge in [0, 0.05) is 19.1 Å². The van der Waals surface area contributed by atoms with E-state index in [1.165, 1.54) is 19.4 Å². The van der Waals surface area contributed by atoms with Gasteiger partial charge in [0.1, 0.15) is 0 Å². The third-order valence-electron chi connectivity index (χ3n) is 4.33. The van der Waals surface area contributed by atoms with Crippen LogP contribution in [0.15, 0.2) is 0 Å². The fraction of sp³-hybridized carbons (Fsp3) is 1.00. The van der Waals surface area contributed by atoms with E-state index in [1.54, 1.807) is 0 Å². The first-order valence-electron chi connectivity index (χ1n) is 7.60. The van der Waals surface area contributed by atoms with Gasteiger partial charge in [-0.15, -0.1) is 0 Å². The molecule has 0 saturated carbocycles. The van der Waals surface area contributed by atoms with Gasteiger partial charge in [0.25, 0.3) is 0 Å². The molecule has 3 unspecified atom stereocenters. The van der Waals surface area contributed by atoms with Gasteiger partial charge in [0.15, 0.2) is 0 Å². The SMILES string of the molecule is CN1CCC2CCN(CC(O)COC(C)(C)C)C2C1. The smallest absolute Gasteiger partial charge is 0.0900 e. The van der Waals surface area contributed by atoms with Crippen LogP contribution in [0, 0.1) is 5.92 Å². The van der Waals surface area contributed by atoms with Crippen LogP contribution in [-0.2, 0) is 4.74 Å². The van der Waals surface area contributed by atoms with Crippen LogP contribution in [0.4, 0.5) is 0 Å². The first kappa shape index (κ1) is 15.2. The van der Waals surface area contributed by atoms with Crippen molar-refractivity contribution in [1.82, 2.24) is 9.80 Å². The monoisotopic (exact) mass is 270 g/mol. The van der Waals surface area contributed by atoms with Crippen molar-refractivity contribution in [2.45, 2.75) is 51.4 Å². The van der Waals surface area contributed by atoms with E-state index in [0.29, 0.717) is 12.6 Å². The first-order valence-corrected chi connectivity index (χ1v) is 7.60. The highest BCUT2D eigenvalue weighted by Gasteiger charge is 2.37. The third-order valence-corrected chi connectivity index (χ3v) is 4.33. The molecule has 1 N–H and O–H groups in total. The minimum absolute atomic E-state index is 0.167. The number of aliphatic hydroxyl groups is 1. The zero-order chi connectivity index (χ0) is 14.0. The summed E-state index contributed by atoms with van der Waals surface area (Å²) in [4.78, 5) is 4.88. The van der Waals surface area contributed by atoms with Crippen LogP contribution in [0.5, 0.6) is 0 Å². The van der Waals surface area contributed by atoms with Crippen molar-refractivity contribution in [2.75, 3.05) is 39.8 Å². The van der Waals surface area contributed by atoms with Gasteiger partial charge in [0.05, 0.1) is 18.3 Å². The highest BCUT2D eigenvalue weighted by Crippen LogP contribution is 2.31. The van der Waals surface area contributed by atoms with Gasteiger partial charge in [-0.3, -0.25) is 4.90 Å². The number of likely N-dealkylation sites (N-methyl/N-ethyl adjacent to an activating group) is 1. The van der Waals surface area contributed by atoms with Gasteiger partial charge >= 0.3 is 0 Å². The van der Waals surface area contributed by atoms with Crippen molar-refractivity contribution in [3.05, 3.63) is 0 Å². The molecule has 0 aromatic rings. The number of rotatable bonds is 4. The number of hydrogen-bond acceptors (Lipinski definition) is 4. The maximum atomic E-state index is 10.1. The molecule has 2 rings (SSSR count). The van der Waals surface area contributed by atoms with E-state index in [-0.39, 0.29) is 11.7 Å². The number of fused-ring (bicyclic) bond motifs is 1. The van der Waals surface area contributed by atoms with E-state index in [2.05, 4.69) is 16.8 Å².